The zero-order valence-electron chi connectivity index (χ0n) is 14.6. The van der Waals surface area contributed by atoms with Crippen LogP contribution in [0.25, 0.3) is 0 Å². The molecule has 0 unspecified atom stereocenters. The van der Waals surface area contributed by atoms with Crippen molar-refractivity contribution in [2.45, 2.75) is 31.1 Å². The average Bonchev–Trinajstić information content (AvgIpc) is 2.54. The summed E-state index contributed by atoms with van der Waals surface area (Å²) in [4.78, 5) is 2.11. The molecule has 5 nitrogen and oxygen atoms in total. The van der Waals surface area contributed by atoms with Gasteiger partial charge in [-0.05, 0) is 34.7 Å². The summed E-state index contributed by atoms with van der Waals surface area (Å²) in [6.45, 7) is 6.38. The van der Waals surface area contributed by atoms with Gasteiger partial charge in [0.25, 0.3) is 10.0 Å². The van der Waals surface area contributed by atoms with E-state index in [2.05, 4.69) is 30.7 Å². The Kier molecular flexibility index (Phi) is 5.75. The molecule has 2 aromatic carbocycles. The van der Waals surface area contributed by atoms with E-state index < -0.39 is 10.0 Å². The van der Waals surface area contributed by atoms with E-state index >= 15 is 0 Å². The van der Waals surface area contributed by atoms with E-state index in [1.54, 1.807) is 6.07 Å². The quantitative estimate of drug-likeness (QED) is 0.630. The number of benzene rings is 2. The molecule has 0 spiro atoms. The van der Waals surface area contributed by atoms with Gasteiger partial charge in [0.05, 0.1) is 13.3 Å². The second kappa shape index (κ2) is 7.45. The van der Waals surface area contributed by atoms with E-state index in [1.165, 1.54) is 31.0 Å². The number of sulfonamides is 1. The van der Waals surface area contributed by atoms with Crippen molar-refractivity contribution in [2.24, 2.45) is 5.10 Å². The largest absolute Gasteiger partial charge is 0.495 e. The summed E-state index contributed by atoms with van der Waals surface area (Å²) in [6.07, 6.45) is 1.45. The Morgan fingerprint density at radius 2 is 1.76 bits per heavy atom. The summed E-state index contributed by atoms with van der Waals surface area (Å²) in [7, 11) is -2.49. The highest BCUT2D eigenvalue weighted by molar-refractivity contribution is 7.89. The van der Waals surface area contributed by atoms with Crippen LogP contribution in [-0.2, 0) is 15.4 Å². The highest BCUT2D eigenvalue weighted by Crippen LogP contribution is 2.26. The lowest BCUT2D eigenvalue weighted by molar-refractivity contribution is 0.402. The van der Waals surface area contributed by atoms with Crippen molar-refractivity contribution in [3.05, 3.63) is 58.6 Å². The first-order chi connectivity index (χ1) is 11.6. The second-order valence-electron chi connectivity index (χ2n) is 6.52. The molecule has 0 saturated heterocycles. The van der Waals surface area contributed by atoms with Crippen LogP contribution >= 0.6 is 11.6 Å². The fraction of sp³-hybridized carbons (Fsp3) is 0.278. The zero-order chi connectivity index (χ0) is 18.7. The van der Waals surface area contributed by atoms with Crippen LogP contribution in [0.4, 0.5) is 0 Å². The molecule has 0 aliphatic rings. The Labute approximate surface area is 153 Å². The van der Waals surface area contributed by atoms with Gasteiger partial charge in [-0.2, -0.15) is 18.4 Å². The molecule has 0 heterocycles. The molecule has 0 aromatic heterocycles. The molecule has 25 heavy (non-hydrogen) atoms. The number of rotatable bonds is 5. The smallest absolute Gasteiger partial charge is 0.280 e. The molecular weight excluding hydrogens is 360 g/mol. The number of methoxy groups -OCH3 is 1. The number of hydrazone groups is 1. The summed E-state index contributed by atoms with van der Waals surface area (Å²) < 4.78 is 29.8. The van der Waals surface area contributed by atoms with Crippen LogP contribution in [0.15, 0.2) is 52.5 Å². The van der Waals surface area contributed by atoms with Gasteiger partial charge in [-0.25, -0.2) is 0 Å². The number of nitrogens with zero attached hydrogens (tertiary/aromatic N) is 1. The van der Waals surface area contributed by atoms with Crippen molar-refractivity contribution < 1.29 is 13.2 Å². The summed E-state index contributed by atoms with van der Waals surface area (Å²) in [5.74, 6) is 0.196. The maximum absolute atomic E-state index is 12.4. The van der Waals surface area contributed by atoms with Crippen LogP contribution < -0.4 is 9.57 Å². The lowest BCUT2D eigenvalue weighted by atomic mass is 9.87. The van der Waals surface area contributed by atoms with Crippen molar-refractivity contribution in [1.29, 1.82) is 0 Å². The fourth-order valence-electron chi connectivity index (χ4n) is 2.15. The summed E-state index contributed by atoms with van der Waals surface area (Å²) in [6, 6.07) is 12.1. The molecule has 0 radical (unpaired) electrons. The zero-order valence-corrected chi connectivity index (χ0v) is 16.1. The molecule has 134 valence electrons. The van der Waals surface area contributed by atoms with E-state index in [0.717, 1.165) is 5.56 Å². The second-order valence-corrected chi connectivity index (χ2v) is 8.59. The fourth-order valence-corrected chi connectivity index (χ4v) is 3.37. The minimum atomic E-state index is -3.88. The number of hydrogen-bond donors (Lipinski definition) is 1. The van der Waals surface area contributed by atoms with Gasteiger partial charge in [0, 0.05) is 5.02 Å². The van der Waals surface area contributed by atoms with Gasteiger partial charge >= 0.3 is 0 Å². The van der Waals surface area contributed by atoms with Crippen LogP contribution in [0, 0.1) is 0 Å². The normalized spacial score (nSPS) is 12.4. The molecule has 0 saturated carbocycles. The van der Waals surface area contributed by atoms with Gasteiger partial charge < -0.3 is 4.74 Å². The van der Waals surface area contributed by atoms with Crippen LogP contribution in [-0.4, -0.2) is 21.7 Å². The van der Waals surface area contributed by atoms with Crippen LogP contribution in [0.2, 0.25) is 5.02 Å². The predicted molar refractivity (Wildman–Crippen MR) is 101 cm³/mol. The summed E-state index contributed by atoms with van der Waals surface area (Å²) in [5, 5.41) is 4.12. The van der Waals surface area contributed by atoms with Crippen LogP contribution in [0.5, 0.6) is 5.75 Å². The number of ether oxygens (including phenoxy) is 1. The molecule has 0 aliphatic heterocycles. The molecule has 0 aliphatic carbocycles. The predicted octanol–water partition coefficient (Wildman–Crippen LogP) is 3.96. The van der Waals surface area contributed by atoms with Gasteiger partial charge in [-0.1, -0.05) is 56.6 Å². The van der Waals surface area contributed by atoms with E-state index in [1.807, 2.05) is 24.3 Å². The maximum Gasteiger partial charge on any atom is 0.280 e. The minimum Gasteiger partial charge on any atom is -0.495 e. The van der Waals surface area contributed by atoms with E-state index in [-0.39, 0.29) is 16.1 Å². The van der Waals surface area contributed by atoms with Crippen molar-refractivity contribution in [3.63, 3.8) is 0 Å². The third kappa shape index (κ3) is 4.96. The molecule has 0 atom stereocenters. The van der Waals surface area contributed by atoms with Crippen LogP contribution in [0.1, 0.15) is 31.9 Å². The lowest BCUT2D eigenvalue weighted by Crippen LogP contribution is -2.19. The first-order valence-electron chi connectivity index (χ1n) is 7.62. The maximum atomic E-state index is 12.4. The Morgan fingerprint density at radius 3 is 2.32 bits per heavy atom. The molecule has 2 aromatic rings. The molecule has 7 heteroatoms. The standard InChI is InChI=1S/C18H21ClN2O3S/c1-18(2,3)14-7-5-13(6-8-14)12-20-21-25(22,23)17-11-15(19)9-10-16(17)24-4/h5-12,21H,1-4H3/b20-12+. The summed E-state index contributed by atoms with van der Waals surface area (Å²) >= 11 is 5.88. The topological polar surface area (TPSA) is 67.8 Å². The Hall–Kier alpha value is -2.05. The van der Waals surface area contributed by atoms with Crippen LogP contribution in [0.3, 0.4) is 0 Å². The first kappa shape index (κ1) is 19.3. The number of nitrogens with one attached hydrogen (secondary N) is 1. The van der Waals surface area contributed by atoms with Crippen molar-refractivity contribution in [3.8, 4) is 5.75 Å². The van der Waals surface area contributed by atoms with Gasteiger partial charge in [0.2, 0.25) is 0 Å². The highest BCUT2D eigenvalue weighted by Gasteiger charge is 2.19. The van der Waals surface area contributed by atoms with Crippen molar-refractivity contribution in [1.82, 2.24) is 4.83 Å². The Morgan fingerprint density at radius 1 is 1.12 bits per heavy atom. The van der Waals surface area contributed by atoms with Gasteiger partial charge in [-0.15, -0.1) is 0 Å². The van der Waals surface area contributed by atoms with Crippen molar-refractivity contribution >= 4 is 27.8 Å². The monoisotopic (exact) mass is 380 g/mol. The average molecular weight is 381 g/mol. The minimum absolute atomic E-state index is 0.0559. The van der Waals surface area contributed by atoms with Gasteiger partial charge in [0.1, 0.15) is 10.6 Å². The Bertz CT molecular complexity index is 870. The third-order valence-corrected chi connectivity index (χ3v) is 5.06. The summed E-state index contributed by atoms with van der Waals surface area (Å²) in [5.41, 5.74) is 2.03. The van der Waals surface area contributed by atoms with Gasteiger partial charge in [0.15, 0.2) is 0 Å². The van der Waals surface area contributed by atoms with E-state index in [9.17, 15) is 8.42 Å². The van der Waals surface area contributed by atoms with E-state index in [0.29, 0.717) is 5.02 Å². The molecular formula is C18H21ClN2O3S. The SMILES string of the molecule is COc1ccc(Cl)cc1S(=O)(=O)N/N=C/c1ccc(C(C)(C)C)cc1. The van der Waals surface area contributed by atoms with Gasteiger partial charge in [-0.3, -0.25) is 0 Å². The number of hydrogen-bond acceptors (Lipinski definition) is 4. The highest BCUT2D eigenvalue weighted by atomic mass is 35.5. The molecule has 2 rings (SSSR count). The number of halogens is 1. The molecule has 1 N–H and O–H groups in total. The third-order valence-electron chi connectivity index (χ3n) is 3.58. The molecule has 0 amide bonds. The molecule has 0 fully saturated rings. The van der Waals surface area contributed by atoms with E-state index in [4.69, 9.17) is 16.3 Å². The Balaban J connectivity index is 2.17. The first-order valence-corrected chi connectivity index (χ1v) is 9.48. The molecule has 0 bridgehead atoms. The lowest BCUT2D eigenvalue weighted by Gasteiger charge is -2.18. The van der Waals surface area contributed by atoms with Crippen molar-refractivity contribution in [2.75, 3.05) is 7.11 Å².